The van der Waals surface area contributed by atoms with Crippen LogP contribution in [0, 0.1) is 12.7 Å². The van der Waals surface area contributed by atoms with Crippen LogP contribution in [0.5, 0.6) is 0 Å². The Kier molecular flexibility index (Phi) is 4.47. The Bertz CT molecular complexity index is 840. The van der Waals surface area contributed by atoms with Crippen molar-refractivity contribution in [1.29, 1.82) is 0 Å². The largest absolute Gasteiger partial charge is 0.339 e. The summed E-state index contributed by atoms with van der Waals surface area (Å²) >= 11 is 3.49. The first-order valence-electron chi connectivity index (χ1n) is 6.86. The number of benzene rings is 2. The smallest absolute Gasteiger partial charge is 0.249 e. The molecule has 0 bridgehead atoms. The van der Waals surface area contributed by atoms with Crippen molar-refractivity contribution in [2.24, 2.45) is 0 Å². The molecular formula is C16H13BrFN5. The maximum Gasteiger partial charge on any atom is 0.249 e. The zero-order chi connectivity index (χ0) is 16.2. The Balaban J connectivity index is 1.78. The number of aromatic nitrogens is 3. The molecule has 0 radical (unpaired) electrons. The standard InChI is InChI=1S/C16H13BrFN5/c1-10-5-6-13(8-14(10)17)20-15-9-19-23-16(22-15)21-12-4-2-3-11(18)7-12/h2-9H,1H3,(H2,20,21,22,23). The van der Waals surface area contributed by atoms with Gasteiger partial charge in [0.25, 0.3) is 0 Å². The zero-order valence-electron chi connectivity index (χ0n) is 12.2. The molecule has 0 atom stereocenters. The van der Waals surface area contributed by atoms with Gasteiger partial charge >= 0.3 is 0 Å². The van der Waals surface area contributed by atoms with E-state index in [9.17, 15) is 4.39 Å². The van der Waals surface area contributed by atoms with Gasteiger partial charge in [-0.1, -0.05) is 28.1 Å². The lowest BCUT2D eigenvalue weighted by Gasteiger charge is -2.09. The van der Waals surface area contributed by atoms with Gasteiger partial charge in [0.1, 0.15) is 5.82 Å². The highest BCUT2D eigenvalue weighted by molar-refractivity contribution is 9.10. The van der Waals surface area contributed by atoms with Crippen molar-refractivity contribution < 1.29 is 4.39 Å². The van der Waals surface area contributed by atoms with Crippen LogP contribution >= 0.6 is 15.9 Å². The van der Waals surface area contributed by atoms with Gasteiger partial charge in [-0.3, -0.25) is 0 Å². The molecule has 0 fully saturated rings. The van der Waals surface area contributed by atoms with E-state index in [2.05, 4.69) is 41.7 Å². The van der Waals surface area contributed by atoms with Crippen molar-refractivity contribution in [3.8, 4) is 0 Å². The molecule has 1 heterocycles. The van der Waals surface area contributed by atoms with Crippen LogP contribution in [0.4, 0.5) is 27.5 Å². The minimum absolute atomic E-state index is 0.284. The molecule has 1 aromatic heterocycles. The molecule has 116 valence electrons. The van der Waals surface area contributed by atoms with Crippen molar-refractivity contribution in [1.82, 2.24) is 15.2 Å². The highest BCUT2D eigenvalue weighted by atomic mass is 79.9. The fraction of sp³-hybridized carbons (Fsp3) is 0.0625. The molecule has 0 aliphatic rings. The minimum Gasteiger partial charge on any atom is -0.339 e. The molecule has 0 saturated heterocycles. The maximum atomic E-state index is 13.2. The van der Waals surface area contributed by atoms with Gasteiger partial charge in [-0.15, -0.1) is 5.10 Å². The van der Waals surface area contributed by atoms with Gasteiger partial charge < -0.3 is 10.6 Å². The predicted molar refractivity (Wildman–Crippen MR) is 91.7 cm³/mol. The summed E-state index contributed by atoms with van der Waals surface area (Å²) in [6, 6.07) is 12.0. The molecule has 0 spiro atoms. The summed E-state index contributed by atoms with van der Waals surface area (Å²) in [5, 5.41) is 13.9. The lowest BCUT2D eigenvalue weighted by Crippen LogP contribution is -2.02. The number of hydrogen-bond donors (Lipinski definition) is 2. The molecule has 23 heavy (non-hydrogen) atoms. The van der Waals surface area contributed by atoms with Crippen LogP contribution < -0.4 is 10.6 Å². The minimum atomic E-state index is -0.332. The fourth-order valence-corrected chi connectivity index (χ4v) is 2.31. The van der Waals surface area contributed by atoms with E-state index in [1.807, 2.05) is 25.1 Å². The monoisotopic (exact) mass is 373 g/mol. The molecule has 5 nitrogen and oxygen atoms in total. The summed E-state index contributed by atoms with van der Waals surface area (Å²) in [6.45, 7) is 2.02. The van der Waals surface area contributed by atoms with Gasteiger partial charge in [0, 0.05) is 15.8 Å². The molecule has 3 aromatic rings. The number of rotatable bonds is 4. The molecule has 3 rings (SSSR count). The topological polar surface area (TPSA) is 62.7 Å². The van der Waals surface area contributed by atoms with E-state index in [1.165, 1.54) is 18.3 Å². The average molecular weight is 374 g/mol. The number of nitrogens with one attached hydrogen (secondary N) is 2. The number of hydrogen-bond acceptors (Lipinski definition) is 5. The molecular weight excluding hydrogens is 361 g/mol. The number of halogens is 2. The van der Waals surface area contributed by atoms with Crippen molar-refractivity contribution >= 4 is 39.1 Å². The quantitative estimate of drug-likeness (QED) is 0.701. The molecule has 0 saturated carbocycles. The second kappa shape index (κ2) is 6.70. The average Bonchev–Trinajstić information content (AvgIpc) is 2.51. The van der Waals surface area contributed by atoms with Crippen LogP contribution in [0.15, 0.2) is 53.1 Å². The first kappa shape index (κ1) is 15.4. The van der Waals surface area contributed by atoms with Crippen molar-refractivity contribution in [2.45, 2.75) is 6.92 Å². The Morgan fingerprint density at radius 2 is 1.87 bits per heavy atom. The van der Waals surface area contributed by atoms with Crippen LogP contribution in [0.1, 0.15) is 5.56 Å². The van der Waals surface area contributed by atoms with Gasteiger partial charge in [-0.25, -0.2) is 4.39 Å². The van der Waals surface area contributed by atoms with Crippen LogP contribution in [0.3, 0.4) is 0 Å². The van der Waals surface area contributed by atoms with E-state index in [0.717, 1.165) is 15.7 Å². The molecule has 0 unspecified atom stereocenters. The maximum absolute atomic E-state index is 13.2. The molecule has 2 aromatic carbocycles. The Labute approximate surface area is 141 Å². The van der Waals surface area contributed by atoms with Crippen LogP contribution in [-0.4, -0.2) is 15.2 Å². The fourth-order valence-electron chi connectivity index (χ4n) is 1.93. The summed E-state index contributed by atoms with van der Waals surface area (Å²) in [4.78, 5) is 4.31. The Morgan fingerprint density at radius 1 is 1.04 bits per heavy atom. The third kappa shape index (κ3) is 4.01. The molecule has 2 N–H and O–H groups in total. The summed E-state index contributed by atoms with van der Waals surface area (Å²) in [5.74, 6) is 0.489. The van der Waals surface area contributed by atoms with Crippen molar-refractivity contribution in [3.05, 3.63) is 64.5 Å². The SMILES string of the molecule is Cc1ccc(Nc2cnnc(Nc3cccc(F)c3)n2)cc1Br. The van der Waals surface area contributed by atoms with E-state index in [0.29, 0.717) is 11.5 Å². The van der Waals surface area contributed by atoms with Gasteiger partial charge in [0.15, 0.2) is 5.82 Å². The highest BCUT2D eigenvalue weighted by Crippen LogP contribution is 2.23. The number of nitrogens with zero attached hydrogens (tertiary/aromatic N) is 3. The van der Waals surface area contributed by atoms with E-state index >= 15 is 0 Å². The van der Waals surface area contributed by atoms with Gasteiger partial charge in [-0.2, -0.15) is 10.1 Å². The Morgan fingerprint density at radius 3 is 2.65 bits per heavy atom. The first-order chi connectivity index (χ1) is 11.1. The Hall–Kier alpha value is -2.54. The lowest BCUT2D eigenvalue weighted by molar-refractivity contribution is 0.628. The van der Waals surface area contributed by atoms with E-state index in [1.54, 1.807) is 12.1 Å². The van der Waals surface area contributed by atoms with Crippen LogP contribution in [-0.2, 0) is 0 Å². The van der Waals surface area contributed by atoms with Gasteiger partial charge in [0.2, 0.25) is 5.95 Å². The number of aryl methyl sites for hydroxylation is 1. The molecule has 0 aliphatic carbocycles. The lowest BCUT2D eigenvalue weighted by atomic mass is 10.2. The summed E-state index contributed by atoms with van der Waals surface area (Å²) in [6.07, 6.45) is 1.52. The van der Waals surface area contributed by atoms with Gasteiger partial charge in [0.05, 0.1) is 6.20 Å². The van der Waals surface area contributed by atoms with Crippen LogP contribution in [0.2, 0.25) is 0 Å². The summed E-state index contributed by atoms with van der Waals surface area (Å²) in [7, 11) is 0. The van der Waals surface area contributed by atoms with E-state index in [4.69, 9.17) is 0 Å². The third-order valence-corrected chi connectivity index (χ3v) is 3.94. The molecule has 0 aliphatic heterocycles. The van der Waals surface area contributed by atoms with Crippen molar-refractivity contribution in [2.75, 3.05) is 10.6 Å². The zero-order valence-corrected chi connectivity index (χ0v) is 13.8. The normalized spacial score (nSPS) is 10.4. The highest BCUT2D eigenvalue weighted by Gasteiger charge is 2.04. The van der Waals surface area contributed by atoms with Crippen LogP contribution in [0.25, 0.3) is 0 Å². The second-order valence-electron chi connectivity index (χ2n) is 4.89. The van der Waals surface area contributed by atoms with Crippen molar-refractivity contribution in [3.63, 3.8) is 0 Å². The number of anilines is 4. The summed E-state index contributed by atoms with van der Waals surface area (Å²) in [5.41, 5.74) is 2.58. The third-order valence-electron chi connectivity index (χ3n) is 3.08. The van der Waals surface area contributed by atoms with E-state index in [-0.39, 0.29) is 11.8 Å². The predicted octanol–water partition coefficient (Wildman–Crippen LogP) is 4.57. The van der Waals surface area contributed by atoms with E-state index < -0.39 is 0 Å². The molecule has 7 heteroatoms. The first-order valence-corrected chi connectivity index (χ1v) is 7.65. The molecule has 0 amide bonds. The summed E-state index contributed by atoms with van der Waals surface area (Å²) < 4.78 is 14.2. The second-order valence-corrected chi connectivity index (χ2v) is 5.74. The van der Waals surface area contributed by atoms with Gasteiger partial charge in [-0.05, 0) is 42.8 Å².